The lowest BCUT2D eigenvalue weighted by Gasteiger charge is -2.30. The first-order valence-electron chi connectivity index (χ1n) is 9.94. The Morgan fingerprint density at radius 1 is 1.17 bits per heavy atom. The summed E-state index contributed by atoms with van der Waals surface area (Å²) in [4.78, 5) is 29.5. The second-order valence-corrected chi connectivity index (χ2v) is 7.33. The summed E-state index contributed by atoms with van der Waals surface area (Å²) in [5.41, 5.74) is 0.334. The van der Waals surface area contributed by atoms with Crippen molar-refractivity contribution in [3.63, 3.8) is 0 Å². The van der Waals surface area contributed by atoms with Gasteiger partial charge >= 0.3 is 0 Å². The van der Waals surface area contributed by atoms with E-state index in [0.717, 1.165) is 19.6 Å². The van der Waals surface area contributed by atoms with E-state index in [4.69, 9.17) is 9.15 Å². The van der Waals surface area contributed by atoms with Gasteiger partial charge in [0.15, 0.2) is 11.5 Å². The summed E-state index contributed by atoms with van der Waals surface area (Å²) in [6.45, 7) is 4.08. The number of furan rings is 1. The SMILES string of the molecule is O=C(C1=C(O)C(=O)N(CCCN2CCOCC2)C1c1cccc(F)c1)c1ccco1. The molecule has 2 aliphatic heterocycles. The molecule has 2 aromatic rings. The molecule has 1 aromatic heterocycles. The number of amides is 1. The van der Waals surface area contributed by atoms with Crippen LogP contribution in [0.1, 0.15) is 28.6 Å². The molecule has 2 aliphatic rings. The van der Waals surface area contributed by atoms with Crippen molar-refractivity contribution >= 4 is 11.7 Å². The molecule has 1 unspecified atom stereocenters. The number of ether oxygens (including phenoxy) is 1. The van der Waals surface area contributed by atoms with Gasteiger partial charge in [-0.25, -0.2) is 4.39 Å². The predicted molar refractivity (Wildman–Crippen MR) is 105 cm³/mol. The maximum Gasteiger partial charge on any atom is 0.290 e. The molecule has 1 atom stereocenters. The summed E-state index contributed by atoms with van der Waals surface area (Å²) in [5, 5.41) is 10.6. The first-order chi connectivity index (χ1) is 14.6. The summed E-state index contributed by atoms with van der Waals surface area (Å²) in [5.74, 6) is -2.31. The molecule has 0 radical (unpaired) electrons. The number of ketones is 1. The molecule has 1 N–H and O–H groups in total. The van der Waals surface area contributed by atoms with Crippen LogP contribution in [0.4, 0.5) is 4.39 Å². The number of nitrogens with zero attached hydrogens (tertiary/aromatic N) is 2. The quantitative estimate of drug-likeness (QED) is 0.702. The number of carbonyl (C=O) groups is 2. The molecule has 8 heteroatoms. The van der Waals surface area contributed by atoms with Gasteiger partial charge in [0.2, 0.25) is 5.78 Å². The number of benzene rings is 1. The molecule has 1 aromatic carbocycles. The highest BCUT2D eigenvalue weighted by Crippen LogP contribution is 2.39. The van der Waals surface area contributed by atoms with Crippen molar-refractivity contribution in [1.29, 1.82) is 0 Å². The molecule has 0 bridgehead atoms. The zero-order valence-electron chi connectivity index (χ0n) is 16.4. The van der Waals surface area contributed by atoms with Gasteiger partial charge in [0.05, 0.1) is 31.1 Å². The van der Waals surface area contributed by atoms with Crippen LogP contribution in [0.25, 0.3) is 0 Å². The number of rotatable bonds is 7. The number of hydrogen-bond donors (Lipinski definition) is 1. The summed E-state index contributed by atoms with van der Waals surface area (Å²) < 4.78 is 24.5. The van der Waals surface area contributed by atoms with Crippen LogP contribution in [-0.2, 0) is 9.53 Å². The minimum atomic E-state index is -0.879. The minimum Gasteiger partial charge on any atom is -0.503 e. The molecule has 4 rings (SSSR count). The van der Waals surface area contributed by atoms with Crippen molar-refractivity contribution < 1.29 is 28.2 Å². The fourth-order valence-corrected chi connectivity index (χ4v) is 3.97. The third-order valence-corrected chi connectivity index (χ3v) is 5.43. The van der Waals surface area contributed by atoms with Crippen LogP contribution in [0.3, 0.4) is 0 Å². The number of aliphatic hydroxyl groups is 1. The Labute approximate surface area is 173 Å². The fraction of sp³-hybridized carbons (Fsp3) is 0.364. The van der Waals surface area contributed by atoms with Crippen molar-refractivity contribution in [1.82, 2.24) is 9.80 Å². The van der Waals surface area contributed by atoms with E-state index < -0.39 is 29.3 Å². The first-order valence-corrected chi connectivity index (χ1v) is 9.94. The molecule has 0 saturated carbocycles. The Morgan fingerprint density at radius 2 is 1.97 bits per heavy atom. The highest BCUT2D eigenvalue weighted by molar-refractivity contribution is 6.14. The molecule has 1 amide bonds. The van der Waals surface area contributed by atoms with Gasteiger partial charge in [-0.1, -0.05) is 12.1 Å². The zero-order valence-corrected chi connectivity index (χ0v) is 16.4. The van der Waals surface area contributed by atoms with Crippen molar-refractivity contribution in [2.45, 2.75) is 12.5 Å². The predicted octanol–water partition coefficient (Wildman–Crippen LogP) is 2.72. The van der Waals surface area contributed by atoms with Gasteiger partial charge in [0.1, 0.15) is 5.82 Å². The van der Waals surface area contributed by atoms with E-state index in [2.05, 4.69) is 4.90 Å². The van der Waals surface area contributed by atoms with E-state index >= 15 is 0 Å². The van der Waals surface area contributed by atoms with Gasteiger partial charge < -0.3 is 19.2 Å². The average Bonchev–Trinajstić information content (AvgIpc) is 3.37. The Hall–Kier alpha value is -2.97. The zero-order chi connectivity index (χ0) is 21.1. The fourth-order valence-electron chi connectivity index (χ4n) is 3.97. The Bertz CT molecular complexity index is 950. The normalized spacial score (nSPS) is 20.2. The van der Waals surface area contributed by atoms with Crippen molar-refractivity contribution in [2.75, 3.05) is 39.4 Å². The Kier molecular flexibility index (Phi) is 5.96. The van der Waals surface area contributed by atoms with Crippen LogP contribution in [-0.4, -0.2) is 66.0 Å². The molecule has 0 aliphatic carbocycles. The lowest BCUT2D eigenvalue weighted by molar-refractivity contribution is -0.129. The first kappa shape index (κ1) is 20.3. The Balaban J connectivity index is 1.60. The van der Waals surface area contributed by atoms with Crippen molar-refractivity contribution in [3.05, 3.63) is 71.1 Å². The molecule has 30 heavy (non-hydrogen) atoms. The van der Waals surface area contributed by atoms with Gasteiger partial charge in [0, 0.05) is 26.2 Å². The molecule has 1 saturated heterocycles. The summed E-state index contributed by atoms with van der Waals surface area (Å²) in [6, 6.07) is 7.88. The van der Waals surface area contributed by atoms with Gasteiger partial charge in [-0.05, 0) is 36.2 Å². The second-order valence-electron chi connectivity index (χ2n) is 7.33. The smallest absolute Gasteiger partial charge is 0.290 e. The monoisotopic (exact) mass is 414 g/mol. The van der Waals surface area contributed by atoms with Crippen LogP contribution in [0.5, 0.6) is 0 Å². The average molecular weight is 414 g/mol. The van der Waals surface area contributed by atoms with Gasteiger partial charge in [-0.2, -0.15) is 0 Å². The molecule has 7 nitrogen and oxygen atoms in total. The van der Waals surface area contributed by atoms with Crippen LogP contribution in [0.2, 0.25) is 0 Å². The van der Waals surface area contributed by atoms with E-state index in [-0.39, 0.29) is 11.3 Å². The van der Waals surface area contributed by atoms with Gasteiger partial charge in [-0.15, -0.1) is 0 Å². The number of carbonyl (C=O) groups excluding carboxylic acids is 2. The molecular weight excluding hydrogens is 391 g/mol. The standard InChI is InChI=1S/C22H23FN2O5/c23-16-5-1-4-15(14-16)19-18(20(26)17-6-2-11-30-17)21(27)22(28)25(19)8-3-7-24-9-12-29-13-10-24/h1-2,4-6,11,14,19,27H,3,7-10,12-13H2. The third kappa shape index (κ3) is 4.01. The number of hydrogen-bond acceptors (Lipinski definition) is 6. The molecule has 3 heterocycles. The molecule has 0 spiro atoms. The van der Waals surface area contributed by atoms with E-state index in [1.54, 1.807) is 12.1 Å². The lowest BCUT2D eigenvalue weighted by Crippen LogP contribution is -2.39. The van der Waals surface area contributed by atoms with Crippen LogP contribution in [0.15, 0.2) is 58.4 Å². The summed E-state index contributed by atoms with van der Waals surface area (Å²) in [6.07, 6.45) is 1.99. The number of Topliss-reactive ketones (excluding diaryl/α,β-unsaturated/α-hetero) is 1. The number of halogens is 1. The van der Waals surface area contributed by atoms with Crippen molar-refractivity contribution in [2.24, 2.45) is 0 Å². The molecule has 158 valence electrons. The van der Waals surface area contributed by atoms with E-state index in [1.165, 1.54) is 35.4 Å². The topological polar surface area (TPSA) is 83.2 Å². The van der Waals surface area contributed by atoms with Crippen LogP contribution < -0.4 is 0 Å². The maximum atomic E-state index is 13.9. The molecular formula is C22H23FN2O5. The minimum absolute atomic E-state index is 0.0147. The van der Waals surface area contributed by atoms with Gasteiger partial charge in [0.25, 0.3) is 5.91 Å². The summed E-state index contributed by atoms with van der Waals surface area (Å²) in [7, 11) is 0. The largest absolute Gasteiger partial charge is 0.503 e. The second kappa shape index (κ2) is 8.81. The van der Waals surface area contributed by atoms with E-state index in [0.29, 0.717) is 31.7 Å². The van der Waals surface area contributed by atoms with E-state index in [1.807, 2.05) is 0 Å². The lowest BCUT2D eigenvalue weighted by atomic mass is 9.95. The van der Waals surface area contributed by atoms with Crippen LogP contribution >= 0.6 is 0 Å². The highest BCUT2D eigenvalue weighted by atomic mass is 19.1. The van der Waals surface area contributed by atoms with Gasteiger partial charge in [-0.3, -0.25) is 14.5 Å². The summed E-state index contributed by atoms with van der Waals surface area (Å²) >= 11 is 0. The Morgan fingerprint density at radius 3 is 2.67 bits per heavy atom. The maximum absolute atomic E-state index is 13.9. The molecule has 1 fully saturated rings. The number of aliphatic hydroxyl groups excluding tert-OH is 1. The van der Waals surface area contributed by atoms with Crippen LogP contribution in [0, 0.1) is 5.82 Å². The third-order valence-electron chi connectivity index (χ3n) is 5.43. The van der Waals surface area contributed by atoms with Crippen molar-refractivity contribution in [3.8, 4) is 0 Å². The number of morpholine rings is 1. The van der Waals surface area contributed by atoms with E-state index in [9.17, 15) is 19.1 Å². The highest BCUT2D eigenvalue weighted by Gasteiger charge is 2.44.